The highest BCUT2D eigenvalue weighted by molar-refractivity contribution is 8.39. The lowest BCUT2D eigenvalue weighted by Crippen LogP contribution is -2.00. The number of rotatable bonds is 1. The molecule has 0 aromatic carbocycles. The number of hydrogen-bond acceptors (Lipinski definition) is 4. The molecule has 0 fully saturated rings. The molecular formula is C6H4N2S3. The summed E-state index contributed by atoms with van der Waals surface area (Å²) in [4.78, 5) is 8.29. The average Bonchev–Trinajstić information content (AvgIpc) is 2.55. The SMILES string of the molecule is S=S1C=CN=C1c1nccs1. The van der Waals surface area contributed by atoms with Crippen LogP contribution in [0.1, 0.15) is 5.01 Å². The lowest BCUT2D eigenvalue weighted by atomic mass is 10.7. The molecule has 1 atom stereocenters. The van der Waals surface area contributed by atoms with Crippen molar-refractivity contribution in [3.63, 3.8) is 0 Å². The van der Waals surface area contributed by atoms with Crippen LogP contribution < -0.4 is 0 Å². The van der Waals surface area contributed by atoms with Crippen molar-refractivity contribution in [2.24, 2.45) is 4.99 Å². The normalized spacial score (nSPS) is 22.2. The van der Waals surface area contributed by atoms with Crippen molar-refractivity contribution in [1.29, 1.82) is 0 Å². The van der Waals surface area contributed by atoms with E-state index < -0.39 is 0 Å². The van der Waals surface area contributed by atoms with Gasteiger partial charge in [0.05, 0.1) is 0 Å². The second kappa shape index (κ2) is 2.92. The van der Waals surface area contributed by atoms with Crippen LogP contribution in [-0.4, -0.2) is 10.0 Å². The Morgan fingerprint density at radius 3 is 3.00 bits per heavy atom. The molecule has 0 aliphatic carbocycles. The monoisotopic (exact) mass is 200 g/mol. The average molecular weight is 200 g/mol. The van der Waals surface area contributed by atoms with Gasteiger partial charge >= 0.3 is 0 Å². The Morgan fingerprint density at radius 1 is 1.55 bits per heavy atom. The Labute approximate surface area is 75.3 Å². The van der Waals surface area contributed by atoms with E-state index in [1.165, 1.54) is 0 Å². The van der Waals surface area contributed by atoms with Crippen LogP contribution in [0.3, 0.4) is 0 Å². The standard InChI is InChI=1S/C6H4N2S3/c9-11-4-2-8-6(11)5-7-1-3-10-5/h1-4H. The Bertz CT molecular complexity index is 337. The summed E-state index contributed by atoms with van der Waals surface area (Å²) in [5.74, 6) is 0. The maximum atomic E-state index is 5.15. The van der Waals surface area contributed by atoms with Crippen LogP contribution in [0.2, 0.25) is 0 Å². The number of nitrogens with zero attached hydrogens (tertiary/aromatic N) is 2. The first-order valence-corrected chi connectivity index (χ1v) is 6.02. The van der Waals surface area contributed by atoms with Gasteiger partial charge in [-0.2, -0.15) is 0 Å². The molecule has 0 saturated heterocycles. The molecular weight excluding hydrogens is 196 g/mol. The van der Waals surface area contributed by atoms with Crippen LogP contribution in [0, 0.1) is 0 Å². The van der Waals surface area contributed by atoms with Crippen LogP contribution in [0.15, 0.2) is 28.2 Å². The molecule has 1 aromatic heterocycles. The fourth-order valence-electron chi connectivity index (χ4n) is 0.740. The molecule has 1 aliphatic rings. The molecule has 0 saturated carbocycles. The van der Waals surface area contributed by atoms with Crippen molar-refractivity contribution < 1.29 is 0 Å². The summed E-state index contributed by atoms with van der Waals surface area (Å²) < 4.78 is 0. The Balaban J connectivity index is 2.40. The van der Waals surface area contributed by atoms with E-state index in [1.807, 2.05) is 10.8 Å². The number of aliphatic imine (C=N–C) groups is 1. The maximum Gasteiger partial charge on any atom is 0.148 e. The van der Waals surface area contributed by atoms with E-state index in [4.69, 9.17) is 11.2 Å². The van der Waals surface area contributed by atoms with Gasteiger partial charge in [-0.25, -0.2) is 9.98 Å². The van der Waals surface area contributed by atoms with Crippen LogP contribution >= 0.6 is 11.3 Å². The zero-order valence-corrected chi connectivity index (χ0v) is 7.88. The van der Waals surface area contributed by atoms with E-state index in [-0.39, 0.29) is 9.45 Å². The summed E-state index contributed by atoms with van der Waals surface area (Å²) in [6, 6.07) is 0. The van der Waals surface area contributed by atoms with E-state index in [2.05, 4.69) is 9.98 Å². The van der Waals surface area contributed by atoms with Crippen molar-refractivity contribution in [1.82, 2.24) is 4.98 Å². The highest BCUT2D eigenvalue weighted by Gasteiger charge is 2.11. The van der Waals surface area contributed by atoms with Gasteiger partial charge in [-0.15, -0.1) is 11.3 Å². The van der Waals surface area contributed by atoms with Gasteiger partial charge in [0, 0.05) is 23.2 Å². The number of thiazole rings is 1. The molecule has 1 unspecified atom stereocenters. The first-order valence-electron chi connectivity index (χ1n) is 2.93. The fraction of sp³-hybridized carbons (Fsp3) is 0. The van der Waals surface area contributed by atoms with Gasteiger partial charge in [0.25, 0.3) is 0 Å². The van der Waals surface area contributed by atoms with Crippen LogP contribution in [0.5, 0.6) is 0 Å². The Morgan fingerprint density at radius 2 is 2.45 bits per heavy atom. The van der Waals surface area contributed by atoms with Gasteiger partial charge in [0.2, 0.25) is 0 Å². The maximum absolute atomic E-state index is 5.15. The number of hydrogen-bond donors (Lipinski definition) is 0. The van der Waals surface area contributed by atoms with E-state index in [0.717, 1.165) is 10.1 Å². The minimum atomic E-state index is -0.239. The van der Waals surface area contributed by atoms with Gasteiger partial charge in [0.15, 0.2) is 0 Å². The second-order valence-corrected chi connectivity index (χ2v) is 5.08. The Kier molecular flexibility index (Phi) is 1.93. The van der Waals surface area contributed by atoms with Crippen LogP contribution in [0.4, 0.5) is 0 Å². The largest absolute Gasteiger partial charge is 0.246 e. The molecule has 0 radical (unpaired) electrons. The molecule has 0 N–H and O–H groups in total. The van der Waals surface area contributed by atoms with Gasteiger partial charge in [-0.1, -0.05) is 0 Å². The lowest BCUT2D eigenvalue weighted by Gasteiger charge is -1.92. The van der Waals surface area contributed by atoms with Crippen LogP contribution in [0.25, 0.3) is 0 Å². The molecule has 5 heteroatoms. The molecule has 11 heavy (non-hydrogen) atoms. The van der Waals surface area contributed by atoms with Crippen molar-refractivity contribution >= 4 is 37.0 Å². The smallest absolute Gasteiger partial charge is 0.148 e. The first kappa shape index (κ1) is 7.27. The van der Waals surface area contributed by atoms with Gasteiger partial charge < -0.3 is 0 Å². The van der Waals surface area contributed by atoms with Crippen LogP contribution in [-0.2, 0) is 20.6 Å². The van der Waals surface area contributed by atoms with E-state index in [1.54, 1.807) is 23.7 Å². The van der Waals surface area contributed by atoms with Crippen molar-refractivity contribution in [2.75, 3.05) is 0 Å². The minimum absolute atomic E-state index is 0.239. The highest BCUT2D eigenvalue weighted by atomic mass is 32.8. The quantitative estimate of drug-likeness (QED) is 0.685. The summed E-state index contributed by atoms with van der Waals surface area (Å²) in [7, 11) is -0.239. The zero-order valence-electron chi connectivity index (χ0n) is 5.43. The molecule has 0 amide bonds. The summed E-state index contributed by atoms with van der Waals surface area (Å²) >= 11 is 6.73. The second-order valence-electron chi connectivity index (χ2n) is 1.85. The molecule has 2 heterocycles. The molecule has 1 aliphatic heterocycles. The molecule has 0 spiro atoms. The van der Waals surface area contributed by atoms with Gasteiger partial charge in [-0.05, 0) is 20.6 Å². The van der Waals surface area contributed by atoms with E-state index in [0.29, 0.717) is 0 Å². The van der Waals surface area contributed by atoms with Gasteiger partial charge in [0.1, 0.15) is 10.1 Å². The first-order chi connectivity index (χ1) is 5.38. The molecule has 2 rings (SSSR count). The van der Waals surface area contributed by atoms with Crippen molar-refractivity contribution in [3.05, 3.63) is 28.2 Å². The summed E-state index contributed by atoms with van der Waals surface area (Å²) in [5.41, 5.74) is 0. The lowest BCUT2D eigenvalue weighted by molar-refractivity contribution is 1.39. The summed E-state index contributed by atoms with van der Waals surface area (Å²) in [6.45, 7) is 0. The molecule has 56 valence electrons. The summed E-state index contributed by atoms with van der Waals surface area (Å²) in [6.07, 6.45) is 3.53. The summed E-state index contributed by atoms with van der Waals surface area (Å²) in [5, 5.41) is 5.75. The van der Waals surface area contributed by atoms with E-state index >= 15 is 0 Å². The Hall–Kier alpha value is -0.390. The predicted octanol–water partition coefficient (Wildman–Crippen LogP) is 1.45. The molecule has 1 aromatic rings. The molecule has 0 bridgehead atoms. The highest BCUT2D eigenvalue weighted by Crippen LogP contribution is 2.13. The van der Waals surface area contributed by atoms with Gasteiger partial charge in [-0.3, -0.25) is 0 Å². The van der Waals surface area contributed by atoms with E-state index in [9.17, 15) is 0 Å². The third-order valence-electron chi connectivity index (χ3n) is 1.18. The van der Waals surface area contributed by atoms with Crippen molar-refractivity contribution in [2.45, 2.75) is 0 Å². The predicted molar refractivity (Wildman–Crippen MR) is 52.5 cm³/mol. The third kappa shape index (κ3) is 1.31. The number of aromatic nitrogens is 1. The van der Waals surface area contributed by atoms with Crippen molar-refractivity contribution in [3.8, 4) is 0 Å². The topological polar surface area (TPSA) is 25.2 Å². The minimum Gasteiger partial charge on any atom is -0.246 e. The molecule has 2 nitrogen and oxygen atoms in total. The third-order valence-corrected chi connectivity index (χ3v) is 3.95. The fourth-order valence-corrected chi connectivity index (χ4v) is 3.04. The zero-order chi connectivity index (χ0) is 7.68.